The van der Waals surface area contributed by atoms with E-state index in [1.165, 1.54) is 4.90 Å². The predicted molar refractivity (Wildman–Crippen MR) is 120 cm³/mol. The van der Waals surface area contributed by atoms with Crippen LogP contribution < -0.4 is 10.0 Å². The minimum absolute atomic E-state index is 0.152. The number of carbonyl (C=O) groups is 2. The van der Waals surface area contributed by atoms with Crippen LogP contribution in [0.3, 0.4) is 0 Å². The topological polar surface area (TPSA) is 105 Å². The fraction of sp³-hybridized carbons (Fsp3) is 0.391. The molecule has 0 spiro atoms. The van der Waals surface area contributed by atoms with Gasteiger partial charge in [-0.15, -0.1) is 0 Å². The number of rotatable bonds is 11. The quantitative estimate of drug-likeness (QED) is 0.510. The Balaban J connectivity index is 1.55. The van der Waals surface area contributed by atoms with Crippen molar-refractivity contribution in [2.24, 2.45) is 0 Å². The normalized spacial score (nSPS) is 15.8. The summed E-state index contributed by atoms with van der Waals surface area (Å²) in [5.41, 5.74) is 1.08. The summed E-state index contributed by atoms with van der Waals surface area (Å²) in [5.74, 6) is -1.45. The van der Waals surface area contributed by atoms with Crippen molar-refractivity contribution in [1.82, 2.24) is 14.9 Å². The summed E-state index contributed by atoms with van der Waals surface area (Å²) in [6, 6.07) is 14.0. The number of hydrogen-bond acceptors (Lipinski definition) is 5. The zero-order valence-corrected chi connectivity index (χ0v) is 19.0. The van der Waals surface area contributed by atoms with Gasteiger partial charge >= 0.3 is 0 Å². The monoisotopic (exact) mass is 477 g/mol. The smallest absolute Gasteiger partial charge is 0.241 e. The van der Waals surface area contributed by atoms with Crippen LogP contribution in [0.4, 0.5) is 4.39 Å². The highest BCUT2D eigenvalue weighted by Crippen LogP contribution is 2.14. The Hall–Kier alpha value is -2.82. The lowest BCUT2D eigenvalue weighted by Gasteiger charge is -2.25. The first-order valence-corrected chi connectivity index (χ1v) is 12.3. The summed E-state index contributed by atoms with van der Waals surface area (Å²) < 4.78 is 45.7. The fourth-order valence-corrected chi connectivity index (χ4v) is 4.45. The number of amides is 2. The second kappa shape index (κ2) is 11.9. The lowest BCUT2D eigenvalue weighted by Crippen LogP contribution is -2.48. The van der Waals surface area contributed by atoms with Gasteiger partial charge < -0.3 is 15.0 Å². The first-order chi connectivity index (χ1) is 15.8. The molecule has 2 aromatic rings. The van der Waals surface area contributed by atoms with Gasteiger partial charge in [0, 0.05) is 19.7 Å². The van der Waals surface area contributed by atoms with Gasteiger partial charge in [0.2, 0.25) is 21.8 Å². The van der Waals surface area contributed by atoms with Crippen molar-refractivity contribution in [3.63, 3.8) is 0 Å². The summed E-state index contributed by atoms with van der Waals surface area (Å²) >= 11 is 0. The number of sulfonamides is 1. The molecule has 1 heterocycles. The van der Waals surface area contributed by atoms with Crippen molar-refractivity contribution < 1.29 is 27.1 Å². The van der Waals surface area contributed by atoms with Gasteiger partial charge in [-0.3, -0.25) is 9.59 Å². The molecule has 33 heavy (non-hydrogen) atoms. The summed E-state index contributed by atoms with van der Waals surface area (Å²) in [7, 11) is -4.00. The number of hydrogen-bond donors (Lipinski definition) is 2. The maximum atomic E-state index is 13.1. The van der Waals surface area contributed by atoms with E-state index in [0.29, 0.717) is 19.6 Å². The number of nitrogens with one attached hydrogen (secondary N) is 2. The first-order valence-electron chi connectivity index (χ1n) is 10.8. The van der Waals surface area contributed by atoms with Crippen LogP contribution in [0.2, 0.25) is 0 Å². The molecule has 1 unspecified atom stereocenters. The molecular formula is C23H28FN3O5S. The van der Waals surface area contributed by atoms with Crippen LogP contribution in [0.25, 0.3) is 0 Å². The molecule has 2 aromatic carbocycles. The van der Waals surface area contributed by atoms with E-state index in [4.69, 9.17) is 4.74 Å². The van der Waals surface area contributed by atoms with Crippen molar-refractivity contribution in [2.75, 3.05) is 32.8 Å². The van der Waals surface area contributed by atoms with Gasteiger partial charge in [-0.25, -0.2) is 17.5 Å². The fourth-order valence-electron chi connectivity index (χ4n) is 3.47. The van der Waals surface area contributed by atoms with E-state index in [2.05, 4.69) is 10.0 Å². The average Bonchev–Trinajstić information content (AvgIpc) is 3.31. The number of nitrogens with zero attached hydrogens (tertiary/aromatic N) is 1. The maximum absolute atomic E-state index is 13.1. The molecule has 1 atom stereocenters. The zero-order valence-electron chi connectivity index (χ0n) is 18.2. The number of ether oxygens (including phenoxy) is 1. The van der Waals surface area contributed by atoms with Crippen molar-refractivity contribution in [3.8, 4) is 0 Å². The largest absolute Gasteiger partial charge is 0.376 e. The molecule has 1 aliphatic heterocycles. The minimum Gasteiger partial charge on any atom is -0.376 e. The van der Waals surface area contributed by atoms with Crippen molar-refractivity contribution in [2.45, 2.75) is 30.3 Å². The van der Waals surface area contributed by atoms with Crippen LogP contribution in [0, 0.1) is 5.82 Å². The Labute approximate surface area is 193 Å². The van der Waals surface area contributed by atoms with E-state index in [-0.39, 0.29) is 30.0 Å². The molecule has 1 aliphatic rings. The molecule has 1 saturated heterocycles. The van der Waals surface area contributed by atoms with Crippen LogP contribution in [-0.4, -0.2) is 64.0 Å². The SMILES string of the molecule is O=C(CN(CC1CCCO1)C(=O)CNS(=O)(=O)c1ccc(F)cc1)NCCc1ccccc1. The van der Waals surface area contributed by atoms with Crippen molar-refractivity contribution >= 4 is 21.8 Å². The molecule has 0 bridgehead atoms. The molecule has 10 heteroatoms. The van der Waals surface area contributed by atoms with Gasteiger partial charge in [0.25, 0.3) is 0 Å². The second-order valence-corrected chi connectivity index (χ2v) is 9.54. The summed E-state index contributed by atoms with van der Waals surface area (Å²) in [4.78, 5) is 26.4. The molecule has 1 fully saturated rings. The van der Waals surface area contributed by atoms with E-state index in [0.717, 1.165) is 42.7 Å². The van der Waals surface area contributed by atoms with Gasteiger partial charge in [-0.1, -0.05) is 30.3 Å². The lowest BCUT2D eigenvalue weighted by atomic mass is 10.1. The minimum atomic E-state index is -4.00. The number of benzene rings is 2. The van der Waals surface area contributed by atoms with E-state index in [1.54, 1.807) is 0 Å². The van der Waals surface area contributed by atoms with E-state index < -0.39 is 28.3 Å². The summed E-state index contributed by atoms with van der Waals surface area (Å²) in [6.07, 6.45) is 2.09. The molecule has 3 rings (SSSR count). The molecule has 178 valence electrons. The summed E-state index contributed by atoms with van der Waals surface area (Å²) in [5, 5.41) is 2.80. The van der Waals surface area contributed by atoms with Gasteiger partial charge in [0.15, 0.2) is 0 Å². The van der Waals surface area contributed by atoms with Gasteiger partial charge in [-0.05, 0) is 49.1 Å². The lowest BCUT2D eigenvalue weighted by molar-refractivity contribution is -0.136. The highest BCUT2D eigenvalue weighted by Gasteiger charge is 2.25. The Morgan fingerprint density at radius 2 is 1.82 bits per heavy atom. The maximum Gasteiger partial charge on any atom is 0.241 e. The number of carbonyl (C=O) groups excluding carboxylic acids is 2. The average molecular weight is 478 g/mol. The van der Waals surface area contributed by atoms with Crippen LogP contribution in [0.15, 0.2) is 59.5 Å². The summed E-state index contributed by atoms with van der Waals surface area (Å²) in [6.45, 7) is 0.480. The highest BCUT2D eigenvalue weighted by molar-refractivity contribution is 7.89. The molecule has 2 N–H and O–H groups in total. The zero-order chi connectivity index (χ0) is 23.7. The molecule has 0 radical (unpaired) electrons. The third-order valence-electron chi connectivity index (χ3n) is 5.25. The van der Waals surface area contributed by atoms with Crippen LogP contribution in [0.1, 0.15) is 18.4 Å². The molecule has 0 aromatic heterocycles. The van der Waals surface area contributed by atoms with Crippen LogP contribution in [0.5, 0.6) is 0 Å². The van der Waals surface area contributed by atoms with Crippen LogP contribution >= 0.6 is 0 Å². The number of halogens is 1. The molecule has 2 amide bonds. The van der Waals surface area contributed by atoms with Gasteiger partial charge in [0.1, 0.15) is 5.82 Å². The van der Waals surface area contributed by atoms with E-state index in [1.807, 2.05) is 30.3 Å². The van der Waals surface area contributed by atoms with E-state index in [9.17, 15) is 22.4 Å². The Morgan fingerprint density at radius 1 is 1.09 bits per heavy atom. The molecule has 8 nitrogen and oxygen atoms in total. The molecule has 0 aliphatic carbocycles. The van der Waals surface area contributed by atoms with Gasteiger partial charge in [0.05, 0.1) is 24.1 Å². The third kappa shape index (κ3) is 7.92. The van der Waals surface area contributed by atoms with Crippen molar-refractivity contribution in [1.29, 1.82) is 0 Å². The predicted octanol–water partition coefficient (Wildman–Crippen LogP) is 1.47. The second-order valence-electron chi connectivity index (χ2n) is 7.77. The highest BCUT2D eigenvalue weighted by atomic mass is 32.2. The first kappa shape index (κ1) is 24.8. The Morgan fingerprint density at radius 3 is 2.48 bits per heavy atom. The molecular weight excluding hydrogens is 449 g/mol. The van der Waals surface area contributed by atoms with Crippen LogP contribution in [-0.2, 0) is 30.8 Å². The third-order valence-corrected chi connectivity index (χ3v) is 6.67. The van der Waals surface area contributed by atoms with Gasteiger partial charge in [-0.2, -0.15) is 0 Å². The molecule has 0 saturated carbocycles. The standard InChI is InChI=1S/C23H28FN3O5S/c24-19-8-10-21(11-9-19)33(30,31)26-15-23(29)27(16-20-7-4-14-32-20)17-22(28)25-13-12-18-5-2-1-3-6-18/h1-3,5-6,8-11,20,26H,4,7,12-17H2,(H,25,28). The van der Waals surface area contributed by atoms with Crippen molar-refractivity contribution in [3.05, 3.63) is 66.0 Å². The Bertz CT molecular complexity index is 1030. The van der Waals surface area contributed by atoms with E-state index >= 15 is 0 Å². The Kier molecular flexibility index (Phi) is 8.93.